The summed E-state index contributed by atoms with van der Waals surface area (Å²) in [5.74, 6) is -0.0487. The average molecular weight is 326 g/mol. The molecule has 1 fully saturated rings. The van der Waals surface area contributed by atoms with Crippen LogP contribution in [0.2, 0.25) is 0 Å². The third kappa shape index (κ3) is 2.08. The van der Waals surface area contributed by atoms with Crippen molar-refractivity contribution in [3.8, 4) is 0 Å². The number of amides is 1. The van der Waals surface area contributed by atoms with E-state index in [0.717, 1.165) is 10.2 Å². The van der Waals surface area contributed by atoms with Crippen molar-refractivity contribution in [1.29, 1.82) is 0 Å². The molecule has 0 N–H and O–H groups in total. The number of fused-ring (bicyclic) bond motifs is 3. The van der Waals surface area contributed by atoms with E-state index in [1.54, 1.807) is 17.2 Å². The molecule has 1 aliphatic rings. The molecule has 0 spiro atoms. The van der Waals surface area contributed by atoms with Crippen molar-refractivity contribution < 1.29 is 4.79 Å². The Balaban J connectivity index is 1.84. The lowest BCUT2D eigenvalue weighted by atomic mass is 10.2. The van der Waals surface area contributed by atoms with Crippen LogP contribution in [0.4, 0.5) is 0 Å². The Kier molecular flexibility index (Phi) is 3.23. The molecule has 0 aromatic carbocycles. The van der Waals surface area contributed by atoms with E-state index >= 15 is 0 Å². The number of aromatic nitrogens is 3. The molecule has 1 atom stereocenters. The number of hydrogen-bond donors (Lipinski definition) is 0. The highest BCUT2D eigenvalue weighted by atomic mass is 32.1. The Morgan fingerprint density at radius 3 is 3.09 bits per heavy atom. The highest BCUT2D eigenvalue weighted by molar-refractivity contribution is 7.25. The molecule has 4 heterocycles. The maximum absolute atomic E-state index is 12.8. The summed E-state index contributed by atoms with van der Waals surface area (Å²) in [7, 11) is 0. The van der Waals surface area contributed by atoms with Gasteiger partial charge in [-0.1, -0.05) is 6.08 Å². The molecular formula is C16H14N4O2S. The minimum absolute atomic E-state index is 0.0487. The van der Waals surface area contributed by atoms with Crippen molar-refractivity contribution in [3.05, 3.63) is 47.7 Å². The predicted octanol–water partition coefficient (Wildman–Crippen LogP) is 1.97. The molecule has 3 aromatic rings. The summed E-state index contributed by atoms with van der Waals surface area (Å²) in [5, 5.41) is 0.878. The summed E-state index contributed by atoms with van der Waals surface area (Å²) in [6, 6.07) is 3.26. The molecule has 3 aromatic heterocycles. The molecule has 0 bridgehead atoms. The average Bonchev–Trinajstić information content (AvgIpc) is 3.11. The summed E-state index contributed by atoms with van der Waals surface area (Å²) in [6.07, 6.45) is 5.50. The summed E-state index contributed by atoms with van der Waals surface area (Å²) in [6.45, 7) is 4.80. The first-order valence-corrected chi connectivity index (χ1v) is 8.16. The third-order valence-corrected chi connectivity index (χ3v) is 5.23. The number of hydrogen-bond acceptors (Lipinski definition) is 5. The van der Waals surface area contributed by atoms with E-state index in [0.29, 0.717) is 29.7 Å². The smallest absolute Gasteiger partial charge is 0.272 e. The van der Waals surface area contributed by atoms with Gasteiger partial charge in [-0.25, -0.2) is 9.97 Å². The molecule has 23 heavy (non-hydrogen) atoms. The lowest BCUT2D eigenvalue weighted by Gasteiger charge is -2.15. The highest BCUT2D eigenvalue weighted by Gasteiger charge is 2.33. The zero-order valence-electron chi connectivity index (χ0n) is 12.3. The maximum Gasteiger partial charge on any atom is 0.272 e. The number of pyridine rings is 1. The van der Waals surface area contributed by atoms with Crippen LogP contribution in [-0.4, -0.2) is 38.4 Å². The van der Waals surface area contributed by atoms with E-state index in [2.05, 4.69) is 16.5 Å². The normalized spacial score (nSPS) is 18.2. The molecular weight excluding hydrogens is 312 g/mol. The Hall–Kier alpha value is -2.54. The number of likely N-dealkylation sites (tertiary alicyclic amines) is 1. The minimum atomic E-state index is -0.475. The molecule has 1 aliphatic heterocycles. The van der Waals surface area contributed by atoms with Crippen molar-refractivity contribution >= 4 is 37.7 Å². The first kappa shape index (κ1) is 14.1. The van der Waals surface area contributed by atoms with Gasteiger partial charge in [0.1, 0.15) is 15.6 Å². The van der Waals surface area contributed by atoms with Crippen molar-refractivity contribution in [2.45, 2.75) is 12.5 Å². The second kappa shape index (κ2) is 5.27. The third-order valence-electron chi connectivity index (χ3n) is 4.13. The first-order valence-electron chi connectivity index (χ1n) is 7.34. The van der Waals surface area contributed by atoms with Crippen molar-refractivity contribution in [1.82, 2.24) is 19.4 Å². The van der Waals surface area contributed by atoms with Gasteiger partial charge in [-0.05, 0) is 18.6 Å². The van der Waals surface area contributed by atoms with Gasteiger partial charge in [0.15, 0.2) is 0 Å². The Morgan fingerprint density at radius 2 is 2.26 bits per heavy atom. The first-order chi connectivity index (χ1) is 11.2. The number of nitrogens with zero attached hydrogens (tertiary/aromatic N) is 4. The van der Waals surface area contributed by atoms with Gasteiger partial charge in [0, 0.05) is 24.7 Å². The zero-order valence-corrected chi connectivity index (χ0v) is 13.1. The highest BCUT2D eigenvalue weighted by Crippen LogP contribution is 2.29. The van der Waals surface area contributed by atoms with E-state index in [-0.39, 0.29) is 11.5 Å². The lowest BCUT2D eigenvalue weighted by molar-refractivity contribution is -0.130. The number of thiophene rings is 1. The van der Waals surface area contributed by atoms with Crippen LogP contribution in [0.15, 0.2) is 42.1 Å². The van der Waals surface area contributed by atoms with Crippen LogP contribution in [0, 0.1) is 0 Å². The van der Waals surface area contributed by atoms with Crippen molar-refractivity contribution in [2.24, 2.45) is 0 Å². The van der Waals surface area contributed by atoms with Crippen LogP contribution in [0.25, 0.3) is 20.4 Å². The van der Waals surface area contributed by atoms with Crippen LogP contribution in [0.3, 0.4) is 0 Å². The Morgan fingerprint density at radius 1 is 1.39 bits per heavy atom. The molecule has 0 aliphatic carbocycles. The summed E-state index contributed by atoms with van der Waals surface area (Å²) < 4.78 is 2.01. The van der Waals surface area contributed by atoms with Gasteiger partial charge in [0.25, 0.3) is 5.56 Å². The van der Waals surface area contributed by atoms with Gasteiger partial charge in [-0.2, -0.15) is 0 Å². The summed E-state index contributed by atoms with van der Waals surface area (Å²) in [5.41, 5.74) is 0.490. The predicted molar refractivity (Wildman–Crippen MR) is 89.6 cm³/mol. The molecule has 116 valence electrons. The second-order valence-corrected chi connectivity index (χ2v) is 6.47. The van der Waals surface area contributed by atoms with Crippen molar-refractivity contribution in [2.75, 3.05) is 13.1 Å². The summed E-state index contributed by atoms with van der Waals surface area (Å²) in [4.78, 5) is 36.4. The molecule has 0 radical (unpaired) electrons. The number of carbonyl (C=O) groups is 1. The van der Waals surface area contributed by atoms with E-state index in [1.165, 1.54) is 22.2 Å². The summed E-state index contributed by atoms with van der Waals surface area (Å²) >= 11 is 1.33. The quantitative estimate of drug-likeness (QED) is 0.690. The molecule has 1 saturated heterocycles. The monoisotopic (exact) mass is 326 g/mol. The van der Waals surface area contributed by atoms with Gasteiger partial charge in [-0.3, -0.25) is 14.2 Å². The van der Waals surface area contributed by atoms with Gasteiger partial charge in [0.2, 0.25) is 5.91 Å². The van der Waals surface area contributed by atoms with E-state index < -0.39 is 6.04 Å². The molecule has 1 unspecified atom stereocenters. The molecule has 0 saturated carbocycles. The van der Waals surface area contributed by atoms with Gasteiger partial charge in [0.05, 0.1) is 11.8 Å². The molecule has 6 nitrogen and oxygen atoms in total. The fourth-order valence-corrected chi connectivity index (χ4v) is 4.06. The lowest BCUT2D eigenvalue weighted by Crippen LogP contribution is -2.32. The largest absolute Gasteiger partial charge is 0.337 e. The molecule has 4 rings (SSSR count). The topological polar surface area (TPSA) is 68.1 Å². The van der Waals surface area contributed by atoms with Crippen LogP contribution in [0.5, 0.6) is 0 Å². The number of carbonyl (C=O) groups excluding carboxylic acids is 1. The Labute approximate surface area is 135 Å². The van der Waals surface area contributed by atoms with Crippen LogP contribution in [0.1, 0.15) is 12.5 Å². The van der Waals surface area contributed by atoms with Crippen LogP contribution in [-0.2, 0) is 4.79 Å². The second-order valence-electron chi connectivity index (χ2n) is 5.47. The van der Waals surface area contributed by atoms with Crippen molar-refractivity contribution in [3.63, 3.8) is 0 Å². The zero-order chi connectivity index (χ0) is 16.0. The standard InChI is InChI=1S/C16H14N4O2S/c1-2-7-19-8-5-11(15(19)21)20-9-18-12-10-4-3-6-17-14(10)23-13(12)16(20)22/h2-4,6,9,11H,1,5,7-8H2. The van der Waals surface area contributed by atoms with Gasteiger partial charge in [-0.15, -0.1) is 17.9 Å². The Bertz CT molecular complexity index is 991. The fraction of sp³-hybridized carbons (Fsp3) is 0.250. The fourth-order valence-electron chi connectivity index (χ4n) is 3.02. The van der Waals surface area contributed by atoms with E-state index in [1.807, 2.05) is 12.1 Å². The SMILES string of the molecule is C=CCN1CCC(n2cnc3c(sc4ncccc43)c2=O)C1=O. The van der Waals surface area contributed by atoms with Crippen LogP contribution < -0.4 is 5.56 Å². The maximum atomic E-state index is 12.8. The molecule has 7 heteroatoms. The minimum Gasteiger partial charge on any atom is -0.337 e. The van der Waals surface area contributed by atoms with Crippen LogP contribution >= 0.6 is 11.3 Å². The van der Waals surface area contributed by atoms with E-state index in [4.69, 9.17) is 0 Å². The van der Waals surface area contributed by atoms with E-state index in [9.17, 15) is 9.59 Å². The molecule has 1 amide bonds. The van der Waals surface area contributed by atoms with Gasteiger partial charge >= 0.3 is 0 Å². The van der Waals surface area contributed by atoms with Gasteiger partial charge < -0.3 is 4.90 Å². The number of rotatable bonds is 3.